The highest BCUT2D eigenvalue weighted by atomic mass is 19.1. The van der Waals surface area contributed by atoms with Crippen LogP contribution in [-0.2, 0) is 6.42 Å². The van der Waals surface area contributed by atoms with Crippen LogP contribution >= 0.6 is 0 Å². The quantitative estimate of drug-likeness (QED) is 0.574. The maximum absolute atomic E-state index is 13.4. The highest BCUT2D eigenvalue weighted by Crippen LogP contribution is 2.32. The van der Waals surface area contributed by atoms with Crippen LogP contribution in [0.1, 0.15) is 22.8 Å². The van der Waals surface area contributed by atoms with Gasteiger partial charge in [0.25, 0.3) is 0 Å². The van der Waals surface area contributed by atoms with Crippen molar-refractivity contribution in [3.63, 3.8) is 0 Å². The maximum Gasteiger partial charge on any atom is 0.200 e. The molecule has 0 fully saturated rings. The number of carbonyl (C=O) groups is 1. The topological polar surface area (TPSA) is 17.1 Å². The Labute approximate surface area is 70.2 Å². The van der Waals surface area contributed by atoms with Gasteiger partial charge in [-0.1, -0.05) is 24.3 Å². The average molecular weight is 164 g/mol. The molecule has 1 aliphatic carbocycles. The first kappa shape index (κ1) is 7.47. The van der Waals surface area contributed by atoms with Gasteiger partial charge in [-0.05, 0) is 12.5 Å². The second kappa shape index (κ2) is 2.16. The third-order valence-corrected chi connectivity index (χ3v) is 2.26. The zero-order chi connectivity index (χ0) is 8.77. The molecule has 2 heteroatoms. The van der Waals surface area contributed by atoms with Crippen molar-refractivity contribution in [2.24, 2.45) is 0 Å². The first-order valence-corrected chi connectivity index (χ1v) is 3.93. The van der Waals surface area contributed by atoms with Crippen LogP contribution in [-0.4, -0.2) is 11.5 Å². The molecule has 0 saturated carbocycles. The van der Waals surface area contributed by atoms with Gasteiger partial charge in [-0.15, -0.1) is 0 Å². The smallest absolute Gasteiger partial charge is 0.200 e. The summed E-state index contributed by atoms with van der Waals surface area (Å²) in [6, 6.07) is 7.08. The van der Waals surface area contributed by atoms with E-state index in [2.05, 4.69) is 0 Å². The van der Waals surface area contributed by atoms with Crippen molar-refractivity contribution in [3.05, 3.63) is 35.4 Å². The lowest BCUT2D eigenvalue weighted by molar-refractivity contribution is 0.0759. The summed E-state index contributed by atoms with van der Waals surface area (Å²) in [5.74, 6) is -0.377. The first-order valence-electron chi connectivity index (χ1n) is 3.93. The van der Waals surface area contributed by atoms with E-state index in [0.29, 0.717) is 5.56 Å². The molecule has 1 atom stereocenters. The minimum Gasteiger partial charge on any atom is -0.291 e. The fourth-order valence-corrected chi connectivity index (χ4v) is 1.61. The Morgan fingerprint density at radius 1 is 1.42 bits per heavy atom. The highest BCUT2D eigenvalue weighted by Gasteiger charge is 2.41. The average Bonchev–Trinajstić information content (AvgIpc) is 2.24. The van der Waals surface area contributed by atoms with Crippen LogP contribution < -0.4 is 0 Å². The molecule has 1 aliphatic rings. The molecule has 1 aromatic rings. The molecular weight excluding hydrogens is 155 g/mol. The Hall–Kier alpha value is -1.18. The predicted octanol–water partition coefficient (Wildman–Crippen LogP) is 2.15. The minimum absolute atomic E-state index is 0.224. The molecule has 0 radical (unpaired) electrons. The lowest BCUT2D eigenvalue weighted by Crippen LogP contribution is -2.25. The van der Waals surface area contributed by atoms with E-state index in [9.17, 15) is 9.18 Å². The lowest BCUT2D eigenvalue weighted by Gasteiger charge is -2.07. The van der Waals surface area contributed by atoms with Crippen molar-refractivity contribution in [1.82, 2.24) is 0 Å². The van der Waals surface area contributed by atoms with Crippen LogP contribution in [0.15, 0.2) is 24.3 Å². The Bertz CT molecular complexity index is 341. The van der Waals surface area contributed by atoms with Gasteiger partial charge in [-0.25, -0.2) is 4.39 Å². The number of Topliss-reactive ketones (excluding diaryl/α,β-unsaturated/α-hetero) is 1. The highest BCUT2D eigenvalue weighted by molar-refractivity contribution is 6.06. The van der Waals surface area contributed by atoms with Gasteiger partial charge in [0.2, 0.25) is 0 Å². The second-order valence-corrected chi connectivity index (χ2v) is 3.36. The number of halogens is 1. The van der Waals surface area contributed by atoms with Gasteiger partial charge in [-0.2, -0.15) is 0 Å². The molecule has 2 rings (SSSR count). The number of alkyl halides is 1. The molecule has 0 bridgehead atoms. The maximum atomic E-state index is 13.4. The number of hydrogen-bond donors (Lipinski definition) is 0. The molecule has 0 N–H and O–H groups in total. The SMILES string of the molecule is C[C@]1(F)Cc2ccccc2C1=O. The number of ketones is 1. The van der Waals surface area contributed by atoms with Crippen LogP contribution in [0.2, 0.25) is 0 Å². The molecule has 62 valence electrons. The summed E-state index contributed by atoms with van der Waals surface area (Å²) in [7, 11) is 0. The molecule has 0 aliphatic heterocycles. The van der Waals surface area contributed by atoms with Crippen LogP contribution in [0, 0.1) is 0 Å². The minimum atomic E-state index is -1.68. The molecular formula is C10H9FO. The van der Waals surface area contributed by atoms with Gasteiger partial charge in [0.05, 0.1) is 0 Å². The van der Waals surface area contributed by atoms with Gasteiger partial charge < -0.3 is 0 Å². The number of rotatable bonds is 0. The van der Waals surface area contributed by atoms with Crippen LogP contribution in [0.25, 0.3) is 0 Å². The molecule has 12 heavy (non-hydrogen) atoms. The zero-order valence-electron chi connectivity index (χ0n) is 6.80. The monoisotopic (exact) mass is 164 g/mol. The summed E-state index contributed by atoms with van der Waals surface area (Å²) in [5, 5.41) is 0. The van der Waals surface area contributed by atoms with Crippen molar-refractivity contribution >= 4 is 5.78 Å². The van der Waals surface area contributed by atoms with Crippen LogP contribution in [0.5, 0.6) is 0 Å². The summed E-state index contributed by atoms with van der Waals surface area (Å²) in [5.41, 5.74) is -0.307. The van der Waals surface area contributed by atoms with Gasteiger partial charge in [-0.3, -0.25) is 4.79 Å². The summed E-state index contributed by atoms with van der Waals surface area (Å²) in [6.45, 7) is 1.34. The van der Waals surface area contributed by atoms with Crippen molar-refractivity contribution < 1.29 is 9.18 Å². The van der Waals surface area contributed by atoms with Gasteiger partial charge in [0.1, 0.15) is 0 Å². The zero-order valence-corrected chi connectivity index (χ0v) is 6.80. The number of benzene rings is 1. The fraction of sp³-hybridized carbons (Fsp3) is 0.300. The number of hydrogen-bond acceptors (Lipinski definition) is 1. The lowest BCUT2D eigenvalue weighted by atomic mass is 10.1. The van der Waals surface area contributed by atoms with E-state index in [-0.39, 0.29) is 12.2 Å². The van der Waals surface area contributed by atoms with E-state index >= 15 is 0 Å². The van der Waals surface area contributed by atoms with E-state index in [1.54, 1.807) is 18.2 Å². The predicted molar refractivity (Wildman–Crippen MR) is 44.0 cm³/mol. The van der Waals surface area contributed by atoms with Gasteiger partial charge >= 0.3 is 0 Å². The van der Waals surface area contributed by atoms with Crippen molar-refractivity contribution in [2.45, 2.75) is 19.0 Å². The summed E-state index contributed by atoms with van der Waals surface area (Å²) in [6.07, 6.45) is 0.224. The van der Waals surface area contributed by atoms with Gasteiger partial charge in [0.15, 0.2) is 11.5 Å². The molecule has 0 saturated heterocycles. The third-order valence-electron chi connectivity index (χ3n) is 2.26. The normalized spacial score (nSPS) is 27.3. The van der Waals surface area contributed by atoms with Crippen LogP contribution in [0.3, 0.4) is 0 Å². The molecule has 0 aromatic heterocycles. The molecule has 1 nitrogen and oxygen atoms in total. The number of fused-ring (bicyclic) bond motifs is 1. The summed E-state index contributed by atoms with van der Waals surface area (Å²) in [4.78, 5) is 11.3. The number of carbonyl (C=O) groups excluding carboxylic acids is 1. The molecule has 0 heterocycles. The Balaban J connectivity index is 2.57. The standard InChI is InChI=1S/C10H9FO/c1-10(11)6-7-4-2-3-5-8(7)9(10)12/h2-5H,6H2,1H3/t10-/m0/s1. The molecule has 0 unspecified atom stereocenters. The van der Waals surface area contributed by atoms with Crippen molar-refractivity contribution in [2.75, 3.05) is 0 Å². The Kier molecular flexibility index (Phi) is 1.34. The second-order valence-electron chi connectivity index (χ2n) is 3.36. The largest absolute Gasteiger partial charge is 0.291 e. The van der Waals surface area contributed by atoms with Crippen LogP contribution in [0.4, 0.5) is 4.39 Å². The van der Waals surface area contributed by atoms with Crippen molar-refractivity contribution in [3.8, 4) is 0 Å². The van der Waals surface area contributed by atoms with E-state index in [1.807, 2.05) is 6.07 Å². The Morgan fingerprint density at radius 3 is 2.75 bits per heavy atom. The fourth-order valence-electron chi connectivity index (χ4n) is 1.61. The van der Waals surface area contributed by atoms with E-state index in [1.165, 1.54) is 6.92 Å². The van der Waals surface area contributed by atoms with E-state index in [4.69, 9.17) is 0 Å². The molecule has 1 aromatic carbocycles. The van der Waals surface area contributed by atoms with Gasteiger partial charge in [0, 0.05) is 12.0 Å². The summed E-state index contributed by atoms with van der Waals surface area (Å²) >= 11 is 0. The Morgan fingerprint density at radius 2 is 2.08 bits per heavy atom. The molecule has 0 spiro atoms. The summed E-state index contributed by atoms with van der Waals surface area (Å²) < 4.78 is 13.4. The van der Waals surface area contributed by atoms with Crippen molar-refractivity contribution in [1.29, 1.82) is 0 Å². The van der Waals surface area contributed by atoms with E-state index < -0.39 is 5.67 Å². The third kappa shape index (κ3) is 0.876. The molecule has 0 amide bonds. The van der Waals surface area contributed by atoms with E-state index in [0.717, 1.165) is 5.56 Å². The first-order chi connectivity index (χ1) is 5.61.